The summed E-state index contributed by atoms with van der Waals surface area (Å²) in [5.74, 6) is 0.770. The van der Waals surface area contributed by atoms with Crippen LogP contribution in [-0.2, 0) is 4.43 Å². The Labute approximate surface area is 123 Å². The van der Waals surface area contributed by atoms with Crippen LogP contribution >= 0.6 is 0 Å². The molecule has 17 heavy (non-hydrogen) atoms. The fraction of sp³-hybridized carbons (Fsp3) is 0.929. The maximum Gasteiger partial charge on any atom is 1.00 e. The average molecular weight is 250 g/mol. The smallest absolute Gasteiger partial charge is 0.595 e. The first kappa shape index (κ1) is 20.1. The molecule has 3 heteroatoms. The van der Waals surface area contributed by atoms with Crippen molar-refractivity contribution in [2.45, 2.75) is 72.9 Å². The van der Waals surface area contributed by atoms with Crippen LogP contribution in [0.15, 0.2) is 0 Å². The van der Waals surface area contributed by atoms with E-state index in [9.17, 15) is 0 Å². The number of unbranched alkanes of at least 4 members (excludes halogenated alkanes) is 2. The van der Waals surface area contributed by atoms with E-state index in [2.05, 4.69) is 47.4 Å². The molecule has 0 spiro atoms. The molecule has 0 radical (unpaired) electrons. The summed E-state index contributed by atoms with van der Waals surface area (Å²) in [5.41, 5.74) is 0.409. The van der Waals surface area contributed by atoms with Gasteiger partial charge >= 0.3 is 18.9 Å². The number of rotatable bonds is 8. The minimum Gasteiger partial charge on any atom is -0.595 e. The molecule has 0 aliphatic heterocycles. The SMILES string of the molecule is CCCCCC(C[CH-]O[SiH](C)C)C(C)(C)C.[Li+]. The summed E-state index contributed by atoms with van der Waals surface area (Å²) in [6.07, 6.45) is 6.52. The minimum absolute atomic E-state index is 0. The van der Waals surface area contributed by atoms with E-state index >= 15 is 0 Å². The summed E-state index contributed by atoms with van der Waals surface area (Å²) in [6, 6.07) is 0. The van der Waals surface area contributed by atoms with Gasteiger partial charge in [0.05, 0.1) is 0 Å². The molecule has 0 aromatic heterocycles. The summed E-state index contributed by atoms with van der Waals surface area (Å²) >= 11 is 0. The maximum absolute atomic E-state index is 5.69. The monoisotopic (exact) mass is 250 g/mol. The fourth-order valence-electron chi connectivity index (χ4n) is 1.91. The topological polar surface area (TPSA) is 9.23 Å². The van der Waals surface area contributed by atoms with Gasteiger partial charge in [0.1, 0.15) is 9.04 Å². The van der Waals surface area contributed by atoms with Gasteiger partial charge in [0.15, 0.2) is 0 Å². The summed E-state index contributed by atoms with van der Waals surface area (Å²) < 4.78 is 5.69. The summed E-state index contributed by atoms with van der Waals surface area (Å²) in [7, 11) is -0.872. The van der Waals surface area contributed by atoms with Gasteiger partial charge in [-0.3, -0.25) is 0 Å². The molecule has 1 unspecified atom stereocenters. The van der Waals surface area contributed by atoms with E-state index in [1.165, 1.54) is 25.7 Å². The van der Waals surface area contributed by atoms with Gasteiger partial charge in [0.25, 0.3) is 0 Å². The number of hydrogen-bond donors (Lipinski definition) is 0. The molecule has 0 heterocycles. The Bertz CT molecular complexity index is 166. The van der Waals surface area contributed by atoms with Crippen molar-refractivity contribution in [1.82, 2.24) is 0 Å². The van der Waals surface area contributed by atoms with E-state index in [0.29, 0.717) is 5.41 Å². The van der Waals surface area contributed by atoms with Gasteiger partial charge in [0.2, 0.25) is 0 Å². The molecule has 0 saturated carbocycles. The van der Waals surface area contributed by atoms with E-state index in [1.54, 1.807) is 0 Å². The molecule has 0 saturated heterocycles. The molecule has 0 fully saturated rings. The molecule has 0 bridgehead atoms. The van der Waals surface area contributed by atoms with Crippen LogP contribution in [0.4, 0.5) is 0 Å². The average Bonchev–Trinajstić information content (AvgIpc) is 2.13. The molecule has 0 aliphatic rings. The summed E-state index contributed by atoms with van der Waals surface area (Å²) in [5, 5.41) is 0. The van der Waals surface area contributed by atoms with Gasteiger partial charge < -0.3 is 4.43 Å². The predicted octanol–water partition coefficient (Wildman–Crippen LogP) is 1.78. The molecular weight excluding hydrogens is 219 g/mol. The van der Waals surface area contributed by atoms with Crippen LogP contribution in [0.1, 0.15) is 59.8 Å². The van der Waals surface area contributed by atoms with Gasteiger partial charge in [-0.2, -0.15) is 6.42 Å². The molecule has 0 aromatic rings. The standard InChI is InChI=1S/C14H31OSi.Li/c1-7-8-9-10-13(14(2,3)4)11-12-15-16(5)6;/h12-13,16H,7-11H2,1-6H3;/q-1;+1. The summed E-state index contributed by atoms with van der Waals surface area (Å²) in [4.78, 5) is 0. The molecule has 0 aliphatic carbocycles. The molecule has 1 atom stereocenters. The minimum atomic E-state index is -0.872. The van der Waals surface area contributed by atoms with Crippen LogP contribution in [0.3, 0.4) is 0 Å². The third-order valence-corrected chi connectivity index (χ3v) is 3.87. The van der Waals surface area contributed by atoms with Crippen molar-refractivity contribution in [3.63, 3.8) is 0 Å². The second-order valence-corrected chi connectivity index (χ2v) is 8.52. The van der Waals surface area contributed by atoms with Gasteiger partial charge in [-0.05, 0) is 5.41 Å². The fourth-order valence-corrected chi connectivity index (χ4v) is 2.41. The zero-order chi connectivity index (χ0) is 12.6. The normalized spacial score (nSPS) is 13.6. The van der Waals surface area contributed by atoms with E-state index in [-0.39, 0.29) is 18.9 Å². The molecule has 1 nitrogen and oxygen atoms in total. The Morgan fingerprint density at radius 1 is 1.18 bits per heavy atom. The van der Waals surface area contributed by atoms with Crippen LogP contribution in [0.5, 0.6) is 0 Å². The number of hydrogen-bond acceptors (Lipinski definition) is 1. The van der Waals surface area contributed by atoms with Gasteiger partial charge in [-0.15, -0.1) is 0 Å². The van der Waals surface area contributed by atoms with Crippen molar-refractivity contribution in [2.24, 2.45) is 11.3 Å². The van der Waals surface area contributed by atoms with Crippen molar-refractivity contribution in [3.05, 3.63) is 6.61 Å². The van der Waals surface area contributed by atoms with Crippen molar-refractivity contribution in [1.29, 1.82) is 0 Å². The Morgan fingerprint density at radius 2 is 1.76 bits per heavy atom. The van der Waals surface area contributed by atoms with Crippen LogP contribution in [0, 0.1) is 17.9 Å². The molecule has 0 rings (SSSR count). The Kier molecular flexibility index (Phi) is 12.6. The zero-order valence-corrected chi connectivity index (χ0v) is 14.3. The van der Waals surface area contributed by atoms with Crippen molar-refractivity contribution < 1.29 is 23.3 Å². The third kappa shape index (κ3) is 11.6. The summed E-state index contributed by atoms with van der Waals surface area (Å²) in [6.45, 7) is 15.8. The molecule has 98 valence electrons. The second kappa shape index (κ2) is 10.7. The first-order valence-electron chi connectivity index (χ1n) is 6.85. The Balaban J connectivity index is 0. The van der Waals surface area contributed by atoms with E-state index in [4.69, 9.17) is 4.43 Å². The molecule has 0 aromatic carbocycles. The van der Waals surface area contributed by atoms with Crippen molar-refractivity contribution >= 4 is 9.04 Å². The zero-order valence-electron chi connectivity index (χ0n) is 13.2. The Morgan fingerprint density at radius 3 is 2.18 bits per heavy atom. The molecular formula is C14H31LiOSi. The van der Waals surface area contributed by atoms with Gasteiger partial charge in [-0.1, -0.05) is 72.4 Å². The van der Waals surface area contributed by atoms with Gasteiger partial charge in [-0.25, -0.2) is 6.61 Å². The Hall–Kier alpha value is 0.774. The second-order valence-electron chi connectivity index (χ2n) is 6.15. The van der Waals surface area contributed by atoms with E-state index in [0.717, 1.165) is 12.3 Å². The van der Waals surface area contributed by atoms with Crippen molar-refractivity contribution in [3.8, 4) is 0 Å². The predicted molar refractivity (Wildman–Crippen MR) is 76.0 cm³/mol. The quantitative estimate of drug-likeness (QED) is 0.362. The molecule has 0 N–H and O–H groups in total. The van der Waals surface area contributed by atoms with Crippen LogP contribution in [-0.4, -0.2) is 9.04 Å². The first-order chi connectivity index (χ1) is 7.38. The van der Waals surface area contributed by atoms with E-state index in [1.807, 2.05) is 0 Å². The van der Waals surface area contributed by atoms with Crippen molar-refractivity contribution in [2.75, 3.05) is 0 Å². The van der Waals surface area contributed by atoms with Gasteiger partial charge in [0, 0.05) is 0 Å². The largest absolute Gasteiger partial charge is 1.00 e. The maximum atomic E-state index is 5.69. The first-order valence-corrected chi connectivity index (χ1v) is 9.63. The van der Waals surface area contributed by atoms with Crippen LogP contribution < -0.4 is 18.9 Å². The van der Waals surface area contributed by atoms with E-state index < -0.39 is 9.04 Å². The van der Waals surface area contributed by atoms with Crippen LogP contribution in [0.2, 0.25) is 13.1 Å². The third-order valence-electron chi connectivity index (χ3n) is 3.13. The van der Waals surface area contributed by atoms with Crippen LogP contribution in [0.25, 0.3) is 0 Å². The molecule has 0 amide bonds.